The molecule has 0 unspecified atom stereocenters. The molecule has 1 fully saturated rings. The first-order valence-corrected chi connectivity index (χ1v) is 13.7. The molecule has 0 aromatic heterocycles. The quantitative estimate of drug-likeness (QED) is 0.169. The summed E-state index contributed by atoms with van der Waals surface area (Å²) in [4.78, 5) is 25.7. The Bertz CT molecular complexity index is 1160. The van der Waals surface area contributed by atoms with E-state index in [9.17, 15) is 9.59 Å². The number of nitrogens with two attached hydrogens (primary N) is 1. The number of halogens is 3. The maximum absolute atomic E-state index is 13.0. The van der Waals surface area contributed by atoms with Crippen molar-refractivity contribution in [2.24, 2.45) is 0 Å². The summed E-state index contributed by atoms with van der Waals surface area (Å²) in [6.45, 7) is 1.82. The number of esters is 2. The van der Waals surface area contributed by atoms with Crippen molar-refractivity contribution in [3.05, 3.63) is 94.1 Å². The fourth-order valence-corrected chi connectivity index (χ4v) is 6.27. The van der Waals surface area contributed by atoms with Gasteiger partial charge in [-0.1, -0.05) is 30.3 Å². The highest BCUT2D eigenvalue weighted by molar-refractivity contribution is 14.1. The molecule has 33 heavy (non-hydrogen) atoms. The maximum Gasteiger partial charge on any atom is 0.344 e. The lowest BCUT2D eigenvalue weighted by Gasteiger charge is -2.36. The summed E-state index contributed by atoms with van der Waals surface area (Å²) in [5.41, 5.74) is 1.36. The van der Waals surface area contributed by atoms with Crippen LogP contribution in [0.2, 0.25) is 0 Å². The van der Waals surface area contributed by atoms with Crippen molar-refractivity contribution < 1.29 is 24.4 Å². The van der Waals surface area contributed by atoms with Crippen molar-refractivity contribution in [2.75, 3.05) is 13.1 Å². The molecule has 1 heterocycles. The van der Waals surface area contributed by atoms with E-state index in [0.29, 0.717) is 16.9 Å². The summed E-state index contributed by atoms with van der Waals surface area (Å²) >= 11 is 6.54. The van der Waals surface area contributed by atoms with Gasteiger partial charge >= 0.3 is 11.9 Å². The Morgan fingerprint density at radius 1 is 0.848 bits per heavy atom. The van der Waals surface area contributed by atoms with E-state index in [1.165, 1.54) is 0 Å². The van der Waals surface area contributed by atoms with Gasteiger partial charge in [0.25, 0.3) is 0 Å². The summed E-state index contributed by atoms with van der Waals surface area (Å²) in [5.74, 6) is -0.417. The van der Waals surface area contributed by atoms with Crippen LogP contribution in [0.5, 0.6) is 5.75 Å². The van der Waals surface area contributed by atoms with E-state index < -0.39 is 11.6 Å². The highest BCUT2D eigenvalue weighted by Gasteiger charge is 2.39. The van der Waals surface area contributed by atoms with Crippen LogP contribution in [0.1, 0.15) is 39.1 Å². The van der Waals surface area contributed by atoms with Crippen LogP contribution in [0.4, 0.5) is 0 Å². The van der Waals surface area contributed by atoms with Gasteiger partial charge in [0.15, 0.2) is 0 Å². The average molecular weight is 780 g/mol. The maximum atomic E-state index is 13.0. The van der Waals surface area contributed by atoms with Crippen LogP contribution in [0.3, 0.4) is 0 Å². The third kappa shape index (κ3) is 5.88. The molecule has 0 amide bonds. The second-order valence-electron chi connectivity index (χ2n) is 7.78. The molecule has 1 aliphatic rings. The average Bonchev–Trinajstić information content (AvgIpc) is 2.83. The number of ether oxygens (including phenoxy) is 2. The molecule has 3 aromatic carbocycles. The molecule has 3 aromatic rings. The molecule has 4 rings (SSSR count). The predicted octanol–water partition coefficient (Wildman–Crippen LogP) is 5.13. The fourth-order valence-electron chi connectivity index (χ4n) is 3.89. The minimum absolute atomic E-state index is 0.375. The molecule has 8 heteroatoms. The highest BCUT2D eigenvalue weighted by atomic mass is 127. The van der Waals surface area contributed by atoms with Crippen molar-refractivity contribution in [3.8, 4) is 5.75 Å². The molecule has 2 N–H and O–H groups in total. The number of hydrogen-bond donors (Lipinski definition) is 1. The van der Waals surface area contributed by atoms with Gasteiger partial charge in [0.05, 0.1) is 24.2 Å². The first kappa shape index (κ1) is 24.9. The van der Waals surface area contributed by atoms with Crippen molar-refractivity contribution in [1.82, 2.24) is 0 Å². The zero-order chi connectivity index (χ0) is 23.4. The van der Waals surface area contributed by atoms with Crippen LogP contribution in [0.25, 0.3) is 0 Å². The zero-order valence-corrected chi connectivity index (χ0v) is 24.0. The lowest BCUT2D eigenvalue weighted by atomic mass is 9.84. The first-order valence-electron chi connectivity index (χ1n) is 10.5. The molecule has 0 saturated carbocycles. The number of carbonyl (C=O) groups excluding carboxylic acids is 2. The molecule has 1 aliphatic heterocycles. The lowest BCUT2D eigenvalue weighted by Crippen LogP contribution is -2.87. The van der Waals surface area contributed by atoms with Crippen molar-refractivity contribution >= 4 is 79.7 Å². The number of piperidine rings is 1. The van der Waals surface area contributed by atoms with Crippen LogP contribution in [0, 0.1) is 10.7 Å². The number of carbonyl (C=O) groups is 2. The van der Waals surface area contributed by atoms with Crippen LogP contribution >= 0.6 is 67.8 Å². The van der Waals surface area contributed by atoms with Crippen molar-refractivity contribution in [1.29, 1.82) is 0 Å². The van der Waals surface area contributed by atoms with E-state index >= 15 is 0 Å². The fraction of sp³-hybridized carbons (Fsp3) is 0.200. The number of hydrogen-bond acceptors (Lipinski definition) is 4. The standard InChI is InChI=1S/C25H20I3NO4/c26-18-14-20(22(28)21(27)15-18)24(31)32-19-8-6-16(7-9-19)23(30)33-25(10-12-29-13-11-25)17-4-2-1-3-5-17/h1-9,14-15,29H,10-13H2/p+1. The second-order valence-corrected chi connectivity index (χ2v) is 11.3. The Morgan fingerprint density at radius 3 is 2.18 bits per heavy atom. The van der Waals surface area contributed by atoms with Gasteiger partial charge < -0.3 is 14.8 Å². The van der Waals surface area contributed by atoms with Gasteiger partial charge in [-0.2, -0.15) is 0 Å². The summed E-state index contributed by atoms with van der Waals surface area (Å²) < 4.78 is 14.5. The third-order valence-corrected chi connectivity index (χ3v) is 9.27. The molecular formula is C25H21I3NO4+. The molecule has 1 saturated heterocycles. The molecule has 0 radical (unpaired) electrons. The topological polar surface area (TPSA) is 69.2 Å². The molecule has 0 atom stereocenters. The molecule has 5 nitrogen and oxygen atoms in total. The normalized spacial score (nSPS) is 15.0. The second kappa shape index (κ2) is 11.0. The minimum atomic E-state index is -0.615. The Hall–Kier alpha value is -1.25. The Kier molecular flexibility index (Phi) is 8.28. The summed E-state index contributed by atoms with van der Waals surface area (Å²) in [6.07, 6.45) is 1.54. The summed E-state index contributed by atoms with van der Waals surface area (Å²) in [5, 5.41) is 2.24. The molecule has 0 spiro atoms. The molecule has 170 valence electrons. The smallest absolute Gasteiger partial charge is 0.344 e. The largest absolute Gasteiger partial charge is 0.450 e. The van der Waals surface area contributed by atoms with E-state index in [0.717, 1.165) is 42.2 Å². The Morgan fingerprint density at radius 2 is 1.52 bits per heavy atom. The monoisotopic (exact) mass is 780 g/mol. The van der Waals surface area contributed by atoms with Gasteiger partial charge in [0.2, 0.25) is 0 Å². The summed E-state index contributed by atoms with van der Waals surface area (Å²) in [7, 11) is 0. The van der Waals surface area contributed by atoms with E-state index in [-0.39, 0.29) is 5.97 Å². The SMILES string of the molecule is O=C(OC1(c2ccccc2)CC[NH2+]CC1)c1ccc(OC(=O)c2cc(I)cc(I)c2I)cc1. The van der Waals surface area contributed by atoms with Crippen LogP contribution in [-0.4, -0.2) is 25.0 Å². The number of benzene rings is 3. The van der Waals surface area contributed by atoms with Gasteiger partial charge in [0.1, 0.15) is 11.4 Å². The van der Waals surface area contributed by atoms with E-state index in [4.69, 9.17) is 9.47 Å². The first-order chi connectivity index (χ1) is 15.9. The van der Waals surface area contributed by atoms with E-state index in [1.807, 2.05) is 42.5 Å². The van der Waals surface area contributed by atoms with Gasteiger partial charge in [-0.05, 0) is 110 Å². The molecule has 0 bridgehead atoms. The molecular weight excluding hydrogens is 759 g/mol. The van der Waals surface area contributed by atoms with Gasteiger partial charge in [0, 0.05) is 23.6 Å². The van der Waals surface area contributed by atoms with Crippen LogP contribution in [0.15, 0.2) is 66.7 Å². The van der Waals surface area contributed by atoms with Gasteiger partial charge in [-0.15, -0.1) is 0 Å². The highest BCUT2D eigenvalue weighted by Crippen LogP contribution is 2.34. The lowest BCUT2D eigenvalue weighted by molar-refractivity contribution is -0.668. The third-order valence-electron chi connectivity index (χ3n) is 5.61. The van der Waals surface area contributed by atoms with E-state index in [2.05, 4.69) is 73.1 Å². The Labute approximate surface area is 233 Å². The summed E-state index contributed by atoms with van der Waals surface area (Å²) in [6, 6.07) is 20.3. The predicted molar refractivity (Wildman–Crippen MR) is 150 cm³/mol. The number of rotatable bonds is 5. The van der Waals surface area contributed by atoms with Gasteiger partial charge in [-0.3, -0.25) is 0 Å². The van der Waals surface area contributed by atoms with Gasteiger partial charge in [-0.25, -0.2) is 9.59 Å². The molecule has 0 aliphatic carbocycles. The van der Waals surface area contributed by atoms with Crippen molar-refractivity contribution in [2.45, 2.75) is 18.4 Å². The van der Waals surface area contributed by atoms with Crippen LogP contribution in [-0.2, 0) is 10.3 Å². The van der Waals surface area contributed by atoms with Crippen molar-refractivity contribution in [3.63, 3.8) is 0 Å². The van der Waals surface area contributed by atoms with Crippen LogP contribution < -0.4 is 10.1 Å². The Balaban J connectivity index is 1.49. The van der Waals surface area contributed by atoms with E-state index in [1.54, 1.807) is 24.3 Å². The minimum Gasteiger partial charge on any atom is -0.450 e. The number of quaternary nitrogens is 1. The zero-order valence-electron chi connectivity index (χ0n) is 17.5.